The Balaban J connectivity index is 1.23. The highest BCUT2D eigenvalue weighted by molar-refractivity contribution is 6.31. The predicted octanol–water partition coefficient (Wildman–Crippen LogP) is 4.90. The van der Waals surface area contributed by atoms with Gasteiger partial charge in [-0.2, -0.15) is 0 Å². The van der Waals surface area contributed by atoms with E-state index in [1.807, 2.05) is 36.4 Å². The van der Waals surface area contributed by atoms with Crippen molar-refractivity contribution in [3.05, 3.63) is 94.5 Å². The first-order valence-electron chi connectivity index (χ1n) is 11.3. The number of fused-ring (bicyclic) bond motifs is 3. The lowest BCUT2D eigenvalue weighted by Gasteiger charge is -2.16. The Kier molecular flexibility index (Phi) is 7.67. The predicted molar refractivity (Wildman–Crippen MR) is 132 cm³/mol. The summed E-state index contributed by atoms with van der Waals surface area (Å²) in [7, 11) is 0. The lowest BCUT2D eigenvalue weighted by molar-refractivity contribution is -0.142. The van der Waals surface area contributed by atoms with Crippen LogP contribution in [0.2, 0.25) is 5.02 Å². The Hall–Kier alpha value is -3.84. The molecule has 1 aliphatic rings. The summed E-state index contributed by atoms with van der Waals surface area (Å²) in [6.07, 6.45) is -0.199. The van der Waals surface area contributed by atoms with Gasteiger partial charge >= 0.3 is 12.1 Å². The van der Waals surface area contributed by atoms with E-state index < -0.39 is 24.0 Å². The van der Waals surface area contributed by atoms with Crippen molar-refractivity contribution < 1.29 is 24.2 Å². The molecule has 0 unspecified atom stereocenters. The van der Waals surface area contributed by atoms with E-state index in [1.54, 1.807) is 24.3 Å². The van der Waals surface area contributed by atoms with Gasteiger partial charge in [0, 0.05) is 29.5 Å². The molecule has 35 heavy (non-hydrogen) atoms. The van der Waals surface area contributed by atoms with Gasteiger partial charge in [0.25, 0.3) is 0 Å². The maximum Gasteiger partial charge on any atom is 0.407 e. The third kappa shape index (κ3) is 5.63. The van der Waals surface area contributed by atoms with Crippen LogP contribution in [0.1, 0.15) is 41.5 Å². The van der Waals surface area contributed by atoms with E-state index in [0.717, 1.165) is 22.3 Å². The number of nitrogens with one attached hydrogen (secondary N) is 2. The zero-order chi connectivity index (χ0) is 24.8. The number of alkyl carbamates (subject to hydrolysis) is 1. The molecule has 0 saturated heterocycles. The van der Waals surface area contributed by atoms with Crippen LogP contribution in [-0.4, -0.2) is 36.2 Å². The molecule has 7 nitrogen and oxygen atoms in total. The first-order chi connectivity index (χ1) is 17.0. The highest BCUT2D eigenvalue weighted by Crippen LogP contribution is 2.44. The number of carboxylic acid groups (broad SMARTS) is 1. The van der Waals surface area contributed by atoms with Gasteiger partial charge in [-0.15, -0.1) is 0 Å². The number of rotatable bonds is 9. The van der Waals surface area contributed by atoms with E-state index in [9.17, 15) is 19.5 Å². The van der Waals surface area contributed by atoms with Gasteiger partial charge in [0.2, 0.25) is 5.91 Å². The van der Waals surface area contributed by atoms with Crippen LogP contribution in [0.15, 0.2) is 72.8 Å². The molecule has 180 valence electrons. The average Bonchev–Trinajstić information content (AvgIpc) is 3.18. The average molecular weight is 493 g/mol. The van der Waals surface area contributed by atoms with Crippen LogP contribution in [0.5, 0.6) is 0 Å². The van der Waals surface area contributed by atoms with Crippen molar-refractivity contribution in [1.29, 1.82) is 0 Å². The van der Waals surface area contributed by atoms with Crippen molar-refractivity contribution in [3.8, 4) is 11.1 Å². The molecule has 0 saturated carbocycles. The zero-order valence-corrected chi connectivity index (χ0v) is 19.6. The number of carbonyl (C=O) groups is 3. The minimum Gasteiger partial charge on any atom is -0.479 e. The molecule has 0 aromatic heterocycles. The Morgan fingerprint density at radius 3 is 2.14 bits per heavy atom. The number of halogens is 1. The quantitative estimate of drug-likeness (QED) is 0.368. The fourth-order valence-electron chi connectivity index (χ4n) is 4.30. The van der Waals surface area contributed by atoms with Crippen LogP contribution >= 0.6 is 11.6 Å². The van der Waals surface area contributed by atoms with Gasteiger partial charge in [-0.1, -0.05) is 78.3 Å². The van der Waals surface area contributed by atoms with Crippen molar-refractivity contribution in [1.82, 2.24) is 10.6 Å². The number of hydrogen-bond donors (Lipinski definition) is 3. The monoisotopic (exact) mass is 492 g/mol. The molecule has 1 atom stereocenters. The van der Waals surface area contributed by atoms with Crippen LogP contribution in [0.4, 0.5) is 4.79 Å². The first kappa shape index (κ1) is 24.3. The summed E-state index contributed by atoms with van der Waals surface area (Å²) in [6, 6.07) is 21.4. The van der Waals surface area contributed by atoms with Crippen molar-refractivity contribution in [2.24, 2.45) is 0 Å². The van der Waals surface area contributed by atoms with Crippen molar-refractivity contribution >= 4 is 29.6 Å². The second kappa shape index (κ2) is 11.1. The number of ether oxygens (including phenoxy) is 1. The van der Waals surface area contributed by atoms with Gasteiger partial charge < -0.3 is 20.5 Å². The van der Waals surface area contributed by atoms with Gasteiger partial charge in [0.1, 0.15) is 6.61 Å². The molecule has 0 radical (unpaired) electrons. The van der Waals surface area contributed by atoms with E-state index in [1.165, 1.54) is 0 Å². The second-order valence-electron chi connectivity index (χ2n) is 8.22. The van der Waals surface area contributed by atoms with Crippen LogP contribution in [-0.2, 0) is 14.3 Å². The fraction of sp³-hybridized carbons (Fsp3) is 0.222. The van der Waals surface area contributed by atoms with Crippen LogP contribution in [0, 0.1) is 0 Å². The van der Waals surface area contributed by atoms with Gasteiger partial charge in [-0.3, -0.25) is 4.79 Å². The van der Waals surface area contributed by atoms with E-state index in [-0.39, 0.29) is 30.5 Å². The van der Waals surface area contributed by atoms with E-state index in [4.69, 9.17) is 16.3 Å². The standard InChI is InChI=1S/C27H25ClN2O5/c28-23-13-6-5-12-21(23)25(26(32)33)30-24(31)14-7-15-29-27(34)35-16-22-19-10-3-1-8-17(19)18-9-2-4-11-20(18)22/h1-6,8-13,22,25H,7,14-16H2,(H,29,34)(H,30,31)(H,32,33)/t25-/m1/s1. The molecule has 0 heterocycles. The third-order valence-electron chi connectivity index (χ3n) is 5.96. The molecule has 0 bridgehead atoms. The van der Waals surface area contributed by atoms with Crippen LogP contribution in [0.25, 0.3) is 11.1 Å². The summed E-state index contributed by atoms with van der Waals surface area (Å²) in [4.78, 5) is 36.1. The molecule has 8 heteroatoms. The smallest absolute Gasteiger partial charge is 0.407 e. The van der Waals surface area contributed by atoms with Gasteiger partial charge in [0.15, 0.2) is 6.04 Å². The van der Waals surface area contributed by atoms with E-state index in [0.29, 0.717) is 12.0 Å². The van der Waals surface area contributed by atoms with Gasteiger partial charge in [-0.05, 0) is 34.7 Å². The molecule has 0 spiro atoms. The molecule has 3 aromatic rings. The fourth-order valence-corrected chi connectivity index (χ4v) is 4.55. The Bertz CT molecular complexity index is 1200. The normalized spacial score (nSPS) is 12.8. The maximum atomic E-state index is 12.3. The number of carbonyl (C=O) groups excluding carboxylic acids is 2. The Labute approximate surface area is 208 Å². The van der Waals surface area contributed by atoms with E-state index in [2.05, 4.69) is 22.8 Å². The summed E-state index contributed by atoms with van der Waals surface area (Å²) in [6.45, 7) is 0.423. The van der Waals surface area contributed by atoms with Crippen LogP contribution < -0.4 is 10.6 Å². The lowest BCUT2D eigenvalue weighted by Crippen LogP contribution is -2.34. The number of carboxylic acids is 1. The number of hydrogen-bond acceptors (Lipinski definition) is 4. The highest BCUT2D eigenvalue weighted by atomic mass is 35.5. The first-order valence-corrected chi connectivity index (χ1v) is 11.7. The zero-order valence-electron chi connectivity index (χ0n) is 18.9. The summed E-state index contributed by atoms with van der Waals surface area (Å²) in [5, 5.41) is 14.9. The molecule has 4 rings (SSSR count). The molecule has 0 aliphatic heterocycles. The minimum absolute atomic E-state index is 0.0308. The molecule has 3 aromatic carbocycles. The maximum absolute atomic E-state index is 12.3. The molecule has 0 fully saturated rings. The molecule has 1 aliphatic carbocycles. The summed E-state index contributed by atoms with van der Waals surface area (Å²) in [5.41, 5.74) is 4.88. The SMILES string of the molecule is O=C(CCCNC(=O)OCC1c2ccccc2-c2ccccc21)N[C@@H](C(=O)O)c1ccccc1Cl. The Morgan fingerprint density at radius 2 is 1.51 bits per heavy atom. The number of aliphatic carboxylic acids is 1. The van der Waals surface area contributed by atoms with Crippen molar-refractivity contribution in [2.45, 2.75) is 24.8 Å². The van der Waals surface area contributed by atoms with Gasteiger partial charge in [-0.25, -0.2) is 9.59 Å². The van der Waals surface area contributed by atoms with Crippen LogP contribution in [0.3, 0.4) is 0 Å². The third-order valence-corrected chi connectivity index (χ3v) is 6.31. The largest absolute Gasteiger partial charge is 0.479 e. The van der Waals surface area contributed by atoms with E-state index >= 15 is 0 Å². The lowest BCUT2D eigenvalue weighted by atomic mass is 9.98. The summed E-state index contributed by atoms with van der Waals surface area (Å²) in [5.74, 6) is -1.69. The molecule has 2 amide bonds. The topological polar surface area (TPSA) is 105 Å². The summed E-state index contributed by atoms with van der Waals surface area (Å²) >= 11 is 6.06. The summed E-state index contributed by atoms with van der Waals surface area (Å²) < 4.78 is 5.47. The van der Waals surface area contributed by atoms with Crippen molar-refractivity contribution in [3.63, 3.8) is 0 Å². The number of benzene rings is 3. The Morgan fingerprint density at radius 1 is 0.914 bits per heavy atom. The molecule has 3 N–H and O–H groups in total. The minimum atomic E-state index is -1.24. The van der Waals surface area contributed by atoms with Gasteiger partial charge in [0.05, 0.1) is 0 Å². The molecular formula is C27H25ClN2O5. The second-order valence-corrected chi connectivity index (χ2v) is 8.62. The molecular weight excluding hydrogens is 468 g/mol. The van der Waals surface area contributed by atoms with Crippen molar-refractivity contribution in [2.75, 3.05) is 13.2 Å². The highest BCUT2D eigenvalue weighted by Gasteiger charge is 2.29. The number of amides is 2.